The van der Waals surface area contributed by atoms with Gasteiger partial charge in [-0.2, -0.15) is 0 Å². The zero-order valence-electron chi connectivity index (χ0n) is 18.8. The first-order chi connectivity index (χ1) is 15.8. The standard InChI is InChI=1S/C23H26FN3O4S2.ClH/c1-17-2-7-20-21(16-17)32-23(25-20)27(10-9-26-11-13-31-14-12-26)22(28)8-15-33(29,30)19-5-3-18(24)4-6-19;/h2-7,16H,8-15H2,1H3;1H. The van der Waals surface area contributed by atoms with Crippen molar-refractivity contribution in [3.63, 3.8) is 0 Å². The molecule has 1 aliphatic heterocycles. The van der Waals surface area contributed by atoms with Crippen molar-refractivity contribution in [1.29, 1.82) is 0 Å². The van der Waals surface area contributed by atoms with Gasteiger partial charge in [0.1, 0.15) is 5.82 Å². The molecule has 1 saturated heterocycles. The van der Waals surface area contributed by atoms with Gasteiger partial charge in [0, 0.05) is 32.6 Å². The highest BCUT2D eigenvalue weighted by Gasteiger charge is 2.24. The number of aryl methyl sites for hydroxylation is 1. The second kappa shape index (κ2) is 11.5. The highest BCUT2D eigenvalue weighted by Crippen LogP contribution is 2.30. The third-order valence-corrected chi connectivity index (χ3v) is 8.34. The molecule has 0 radical (unpaired) electrons. The molecular weight excluding hydrogens is 501 g/mol. The molecule has 0 atom stereocenters. The number of amides is 1. The summed E-state index contributed by atoms with van der Waals surface area (Å²) in [6.45, 7) is 5.96. The fraction of sp³-hybridized carbons (Fsp3) is 0.391. The first-order valence-electron chi connectivity index (χ1n) is 10.8. The molecule has 0 bridgehead atoms. The van der Waals surface area contributed by atoms with E-state index in [9.17, 15) is 17.6 Å². The van der Waals surface area contributed by atoms with Crippen LogP contribution in [-0.4, -0.2) is 69.4 Å². The summed E-state index contributed by atoms with van der Waals surface area (Å²) in [7, 11) is -3.71. The van der Waals surface area contributed by atoms with Crippen LogP contribution in [0, 0.1) is 12.7 Å². The van der Waals surface area contributed by atoms with Crippen molar-refractivity contribution in [3.05, 3.63) is 53.8 Å². The molecule has 1 aromatic heterocycles. The van der Waals surface area contributed by atoms with Gasteiger partial charge < -0.3 is 4.74 Å². The molecule has 1 aliphatic rings. The number of sulfone groups is 1. The number of anilines is 1. The number of benzene rings is 2. The zero-order chi connectivity index (χ0) is 23.4. The van der Waals surface area contributed by atoms with Crippen LogP contribution in [0.15, 0.2) is 47.4 Å². The lowest BCUT2D eigenvalue weighted by molar-refractivity contribution is -0.118. The highest BCUT2D eigenvalue weighted by atomic mass is 35.5. The Hall–Kier alpha value is -2.11. The molecule has 4 rings (SSSR count). The summed E-state index contributed by atoms with van der Waals surface area (Å²) >= 11 is 1.43. The summed E-state index contributed by atoms with van der Waals surface area (Å²) in [6.07, 6.45) is -0.183. The number of hydrogen-bond acceptors (Lipinski definition) is 7. The Balaban J connectivity index is 0.00000324. The van der Waals surface area contributed by atoms with Gasteiger partial charge in [-0.25, -0.2) is 17.8 Å². The van der Waals surface area contributed by atoms with Gasteiger partial charge in [0.25, 0.3) is 0 Å². The number of carbonyl (C=O) groups is 1. The van der Waals surface area contributed by atoms with Gasteiger partial charge in [0.05, 0.1) is 34.1 Å². The third kappa shape index (κ3) is 6.51. The maximum atomic E-state index is 13.2. The van der Waals surface area contributed by atoms with Crippen molar-refractivity contribution in [3.8, 4) is 0 Å². The number of halogens is 2. The van der Waals surface area contributed by atoms with E-state index in [1.807, 2.05) is 25.1 Å². The van der Waals surface area contributed by atoms with Crippen LogP contribution in [0.4, 0.5) is 9.52 Å². The van der Waals surface area contributed by atoms with Crippen LogP contribution in [0.25, 0.3) is 10.2 Å². The topological polar surface area (TPSA) is 79.8 Å². The molecule has 34 heavy (non-hydrogen) atoms. The van der Waals surface area contributed by atoms with Crippen molar-refractivity contribution < 1.29 is 22.3 Å². The van der Waals surface area contributed by atoms with Gasteiger partial charge in [-0.05, 0) is 48.9 Å². The van der Waals surface area contributed by atoms with Crippen LogP contribution in [-0.2, 0) is 19.4 Å². The number of hydrogen-bond donors (Lipinski definition) is 0. The number of morpholine rings is 1. The van der Waals surface area contributed by atoms with Crippen molar-refractivity contribution in [2.45, 2.75) is 18.2 Å². The Bertz CT molecular complexity index is 1230. The Labute approximate surface area is 208 Å². The van der Waals surface area contributed by atoms with Gasteiger partial charge in [-0.3, -0.25) is 14.6 Å². The van der Waals surface area contributed by atoms with E-state index in [4.69, 9.17) is 4.74 Å². The molecule has 0 spiro atoms. The number of rotatable bonds is 8. The Morgan fingerprint density at radius 1 is 1.18 bits per heavy atom. The lowest BCUT2D eigenvalue weighted by Crippen LogP contribution is -2.43. The van der Waals surface area contributed by atoms with E-state index in [0.717, 1.165) is 41.0 Å². The lowest BCUT2D eigenvalue weighted by Gasteiger charge is -2.29. The van der Waals surface area contributed by atoms with Crippen molar-refractivity contribution in [1.82, 2.24) is 9.88 Å². The Morgan fingerprint density at radius 3 is 2.59 bits per heavy atom. The molecule has 0 aliphatic carbocycles. The number of thiazole rings is 1. The molecule has 0 saturated carbocycles. The van der Waals surface area contributed by atoms with E-state index in [1.54, 1.807) is 4.90 Å². The van der Waals surface area contributed by atoms with Crippen LogP contribution in [0.3, 0.4) is 0 Å². The number of aromatic nitrogens is 1. The number of carbonyl (C=O) groups excluding carboxylic acids is 1. The summed E-state index contributed by atoms with van der Waals surface area (Å²) in [5.41, 5.74) is 1.91. The molecule has 184 valence electrons. The largest absolute Gasteiger partial charge is 0.379 e. The monoisotopic (exact) mass is 527 g/mol. The minimum absolute atomic E-state index is 0. The number of nitrogens with zero attached hydrogens (tertiary/aromatic N) is 3. The van der Waals surface area contributed by atoms with E-state index >= 15 is 0 Å². The summed E-state index contributed by atoms with van der Waals surface area (Å²) in [6, 6.07) is 10.6. The molecule has 0 unspecified atom stereocenters. The zero-order valence-corrected chi connectivity index (χ0v) is 21.2. The molecule has 7 nitrogen and oxygen atoms in total. The third-order valence-electron chi connectivity index (χ3n) is 5.57. The first kappa shape index (κ1) is 26.5. The average molecular weight is 528 g/mol. The highest BCUT2D eigenvalue weighted by molar-refractivity contribution is 7.91. The van der Waals surface area contributed by atoms with Crippen LogP contribution in [0.5, 0.6) is 0 Å². The van der Waals surface area contributed by atoms with Crippen LogP contribution < -0.4 is 4.90 Å². The fourth-order valence-corrected chi connectivity index (χ4v) is 5.98. The normalized spacial score (nSPS) is 14.6. The molecule has 1 amide bonds. The fourth-order valence-electron chi connectivity index (χ4n) is 3.64. The number of fused-ring (bicyclic) bond motifs is 1. The van der Waals surface area contributed by atoms with E-state index in [0.29, 0.717) is 31.4 Å². The van der Waals surface area contributed by atoms with Gasteiger partial charge in [-0.15, -0.1) is 12.4 Å². The van der Waals surface area contributed by atoms with Crippen LogP contribution in [0.1, 0.15) is 12.0 Å². The van der Waals surface area contributed by atoms with E-state index in [-0.39, 0.29) is 35.4 Å². The molecule has 2 aromatic carbocycles. The maximum Gasteiger partial charge on any atom is 0.229 e. The van der Waals surface area contributed by atoms with Gasteiger partial charge in [-0.1, -0.05) is 17.4 Å². The second-order valence-corrected chi connectivity index (χ2v) is 11.1. The van der Waals surface area contributed by atoms with E-state index < -0.39 is 15.7 Å². The van der Waals surface area contributed by atoms with Crippen molar-refractivity contribution >= 4 is 54.8 Å². The quantitative estimate of drug-likeness (QED) is 0.416. The van der Waals surface area contributed by atoms with E-state index in [1.165, 1.54) is 23.5 Å². The number of ether oxygens (including phenoxy) is 1. The second-order valence-electron chi connectivity index (χ2n) is 7.99. The Morgan fingerprint density at radius 2 is 1.88 bits per heavy atom. The van der Waals surface area contributed by atoms with Crippen LogP contribution >= 0.6 is 23.7 Å². The summed E-state index contributed by atoms with van der Waals surface area (Å²) in [5.74, 6) is -1.16. The van der Waals surface area contributed by atoms with Crippen LogP contribution in [0.2, 0.25) is 0 Å². The molecule has 0 N–H and O–H groups in total. The molecule has 2 heterocycles. The van der Waals surface area contributed by atoms with Gasteiger partial charge in [0.2, 0.25) is 5.91 Å². The molecule has 3 aromatic rings. The van der Waals surface area contributed by atoms with Gasteiger partial charge in [0.15, 0.2) is 15.0 Å². The molecule has 1 fully saturated rings. The summed E-state index contributed by atoms with van der Waals surface area (Å²) in [4.78, 5) is 21.7. The minimum atomic E-state index is -3.71. The Kier molecular flexibility index (Phi) is 9.00. The predicted molar refractivity (Wildman–Crippen MR) is 134 cm³/mol. The molecule has 11 heteroatoms. The average Bonchev–Trinajstić information content (AvgIpc) is 3.21. The van der Waals surface area contributed by atoms with Gasteiger partial charge >= 0.3 is 0 Å². The first-order valence-corrected chi connectivity index (χ1v) is 13.2. The summed E-state index contributed by atoms with van der Waals surface area (Å²) < 4.78 is 44.9. The summed E-state index contributed by atoms with van der Waals surface area (Å²) in [5, 5.41) is 0.563. The maximum absolute atomic E-state index is 13.2. The predicted octanol–water partition coefficient (Wildman–Crippen LogP) is 3.69. The minimum Gasteiger partial charge on any atom is -0.379 e. The SMILES string of the molecule is Cc1ccc2nc(N(CCN3CCOCC3)C(=O)CCS(=O)(=O)c3ccc(F)cc3)sc2c1.Cl. The van der Waals surface area contributed by atoms with Crippen molar-refractivity contribution in [2.75, 3.05) is 50.0 Å². The smallest absolute Gasteiger partial charge is 0.229 e. The van der Waals surface area contributed by atoms with E-state index in [2.05, 4.69) is 9.88 Å². The lowest BCUT2D eigenvalue weighted by atomic mass is 10.2. The van der Waals surface area contributed by atoms with Crippen molar-refractivity contribution in [2.24, 2.45) is 0 Å². The molecular formula is C23H27ClFN3O4S2.